The first-order chi connectivity index (χ1) is 10.4. The number of rotatable bonds is 2. The van der Waals surface area contributed by atoms with E-state index in [1.807, 2.05) is 13.8 Å². The summed E-state index contributed by atoms with van der Waals surface area (Å²) in [5, 5.41) is 5.21. The number of nitrogens with one attached hydrogen (secondary N) is 1. The molecule has 1 amide bonds. The fourth-order valence-electron chi connectivity index (χ4n) is 2.57. The molecule has 0 atom stereocenters. The number of hydrazine groups is 1. The van der Waals surface area contributed by atoms with E-state index in [1.54, 1.807) is 22.9 Å². The zero-order valence-corrected chi connectivity index (χ0v) is 13.7. The van der Waals surface area contributed by atoms with Gasteiger partial charge in [0.05, 0.1) is 27.2 Å². The van der Waals surface area contributed by atoms with E-state index in [4.69, 9.17) is 10.8 Å². The Labute approximate surface area is 131 Å². The number of aryl methyl sites for hydroxylation is 3. The first-order valence-corrected chi connectivity index (χ1v) is 7.70. The number of nitrogens with two attached hydrogens (primary N) is 1. The lowest BCUT2D eigenvalue weighted by Crippen LogP contribution is -2.30. The first-order valence-electron chi connectivity index (χ1n) is 6.88. The summed E-state index contributed by atoms with van der Waals surface area (Å²) in [5.74, 6) is 4.90. The van der Waals surface area contributed by atoms with Gasteiger partial charge in [-0.05, 0) is 38.8 Å². The molecule has 6 nitrogen and oxygen atoms in total. The smallest absolute Gasteiger partial charge is 0.268 e. The summed E-state index contributed by atoms with van der Waals surface area (Å²) in [6, 6.07) is 4.16. The molecule has 3 aromatic rings. The molecule has 0 spiro atoms. The van der Waals surface area contributed by atoms with Crippen LogP contribution >= 0.6 is 11.3 Å². The molecule has 1 aromatic carbocycles. The van der Waals surface area contributed by atoms with E-state index in [1.165, 1.54) is 5.56 Å². The molecule has 0 saturated carbocycles. The molecule has 0 bridgehead atoms. The second kappa shape index (κ2) is 5.19. The maximum atomic E-state index is 11.9. The van der Waals surface area contributed by atoms with E-state index >= 15 is 0 Å². The number of hydrogen-bond donors (Lipinski definition) is 2. The van der Waals surface area contributed by atoms with Gasteiger partial charge in [-0.2, -0.15) is 5.10 Å². The molecule has 0 saturated heterocycles. The van der Waals surface area contributed by atoms with Crippen LogP contribution in [0.5, 0.6) is 0 Å². The lowest BCUT2D eigenvalue weighted by Gasteiger charge is -2.00. The van der Waals surface area contributed by atoms with Crippen LogP contribution in [0, 0.1) is 27.7 Å². The zero-order chi connectivity index (χ0) is 16.0. The highest BCUT2D eigenvalue weighted by Crippen LogP contribution is 2.31. The Kier molecular flexibility index (Phi) is 3.46. The minimum atomic E-state index is -0.338. The Morgan fingerprint density at radius 2 is 1.91 bits per heavy atom. The summed E-state index contributed by atoms with van der Waals surface area (Å²) in [6.07, 6.45) is 0. The molecule has 22 heavy (non-hydrogen) atoms. The molecule has 0 radical (unpaired) electrons. The standard InChI is InChI=1S/C15H17N5OS/c1-7-5-6-8(2)13-12(7)17-15(22-13)20-10(4)11(9(3)19-20)14(21)18-16/h5-6H,16H2,1-4H3,(H,18,21). The predicted molar refractivity (Wildman–Crippen MR) is 87.3 cm³/mol. The van der Waals surface area contributed by atoms with Crippen molar-refractivity contribution >= 4 is 27.5 Å². The van der Waals surface area contributed by atoms with Crippen molar-refractivity contribution in [3.8, 4) is 5.13 Å². The van der Waals surface area contributed by atoms with Crippen LogP contribution < -0.4 is 11.3 Å². The monoisotopic (exact) mass is 315 g/mol. The van der Waals surface area contributed by atoms with Crippen LogP contribution in [-0.2, 0) is 0 Å². The predicted octanol–water partition coefficient (Wildman–Crippen LogP) is 2.32. The lowest BCUT2D eigenvalue weighted by atomic mass is 10.1. The third-order valence-electron chi connectivity index (χ3n) is 3.76. The topological polar surface area (TPSA) is 85.8 Å². The number of aromatic nitrogens is 3. The van der Waals surface area contributed by atoms with Gasteiger partial charge in [0.15, 0.2) is 0 Å². The van der Waals surface area contributed by atoms with Gasteiger partial charge in [-0.3, -0.25) is 10.2 Å². The summed E-state index contributed by atoms with van der Waals surface area (Å²) >= 11 is 1.57. The van der Waals surface area contributed by atoms with Gasteiger partial charge < -0.3 is 0 Å². The number of amides is 1. The third-order valence-corrected chi connectivity index (χ3v) is 4.93. The van der Waals surface area contributed by atoms with E-state index in [0.717, 1.165) is 26.6 Å². The second-order valence-electron chi connectivity index (χ2n) is 5.30. The third kappa shape index (κ3) is 2.10. The zero-order valence-electron chi connectivity index (χ0n) is 12.9. The fourth-order valence-corrected chi connectivity index (χ4v) is 3.68. The number of nitrogen functional groups attached to an aromatic ring is 1. The van der Waals surface area contributed by atoms with Gasteiger partial charge in [-0.25, -0.2) is 15.5 Å². The van der Waals surface area contributed by atoms with Gasteiger partial charge in [0.2, 0.25) is 5.13 Å². The Bertz CT molecular complexity index is 854. The molecular formula is C15H17N5OS. The highest BCUT2D eigenvalue weighted by atomic mass is 32.1. The average Bonchev–Trinajstić information content (AvgIpc) is 3.05. The largest absolute Gasteiger partial charge is 0.290 e. The quantitative estimate of drug-likeness (QED) is 0.432. The van der Waals surface area contributed by atoms with Gasteiger partial charge in [0, 0.05) is 0 Å². The van der Waals surface area contributed by atoms with E-state index in [-0.39, 0.29) is 5.91 Å². The van der Waals surface area contributed by atoms with Crippen LogP contribution in [0.15, 0.2) is 12.1 Å². The van der Waals surface area contributed by atoms with Gasteiger partial charge in [-0.15, -0.1) is 0 Å². The summed E-state index contributed by atoms with van der Waals surface area (Å²) in [4.78, 5) is 16.6. The van der Waals surface area contributed by atoms with Gasteiger partial charge >= 0.3 is 0 Å². The molecule has 2 heterocycles. The molecule has 0 aliphatic rings. The van der Waals surface area contributed by atoms with Crippen LogP contribution in [0.2, 0.25) is 0 Å². The molecule has 7 heteroatoms. The van der Waals surface area contributed by atoms with E-state index < -0.39 is 0 Å². The van der Waals surface area contributed by atoms with E-state index in [0.29, 0.717) is 11.3 Å². The second-order valence-corrected chi connectivity index (χ2v) is 6.28. The average molecular weight is 315 g/mol. The normalized spacial score (nSPS) is 11.1. The van der Waals surface area contributed by atoms with Crippen molar-refractivity contribution in [2.45, 2.75) is 27.7 Å². The van der Waals surface area contributed by atoms with Gasteiger partial charge in [-0.1, -0.05) is 23.5 Å². The number of carbonyl (C=O) groups excluding carboxylic acids is 1. The maximum absolute atomic E-state index is 11.9. The number of carbonyl (C=O) groups is 1. The van der Waals surface area contributed by atoms with Gasteiger partial charge in [0.1, 0.15) is 0 Å². The highest BCUT2D eigenvalue weighted by molar-refractivity contribution is 7.21. The SMILES string of the molecule is Cc1nn(-c2nc3c(C)ccc(C)c3s2)c(C)c1C(=O)NN. The van der Waals surface area contributed by atoms with Crippen molar-refractivity contribution in [3.63, 3.8) is 0 Å². The molecule has 3 rings (SSSR count). The molecule has 0 aliphatic heterocycles. The van der Waals surface area contributed by atoms with Crippen LogP contribution in [-0.4, -0.2) is 20.7 Å². The number of fused-ring (bicyclic) bond motifs is 1. The molecule has 3 N–H and O–H groups in total. The lowest BCUT2D eigenvalue weighted by molar-refractivity contribution is 0.0952. The summed E-state index contributed by atoms with van der Waals surface area (Å²) in [6.45, 7) is 7.74. The molecule has 0 aliphatic carbocycles. The van der Waals surface area contributed by atoms with Crippen LogP contribution in [0.3, 0.4) is 0 Å². The van der Waals surface area contributed by atoms with Crippen LogP contribution in [0.25, 0.3) is 15.3 Å². The number of thiazole rings is 1. The maximum Gasteiger partial charge on any atom is 0.268 e. The molecule has 2 aromatic heterocycles. The van der Waals surface area contributed by atoms with Crippen molar-refractivity contribution in [1.82, 2.24) is 20.2 Å². The number of nitrogens with zero attached hydrogens (tertiary/aromatic N) is 3. The van der Waals surface area contributed by atoms with E-state index in [2.05, 4.69) is 29.6 Å². The van der Waals surface area contributed by atoms with Crippen molar-refractivity contribution in [1.29, 1.82) is 0 Å². The highest BCUT2D eigenvalue weighted by Gasteiger charge is 2.20. The Balaban J connectivity index is 2.23. The minimum Gasteiger partial charge on any atom is -0.290 e. The van der Waals surface area contributed by atoms with Crippen molar-refractivity contribution in [3.05, 3.63) is 40.2 Å². The summed E-state index contributed by atoms with van der Waals surface area (Å²) < 4.78 is 2.86. The van der Waals surface area contributed by atoms with Crippen LogP contribution in [0.1, 0.15) is 32.9 Å². The fraction of sp³-hybridized carbons (Fsp3) is 0.267. The Morgan fingerprint density at radius 1 is 1.23 bits per heavy atom. The molecule has 0 fully saturated rings. The minimum absolute atomic E-state index is 0.338. The molecule has 114 valence electrons. The number of hydrogen-bond acceptors (Lipinski definition) is 5. The van der Waals surface area contributed by atoms with Gasteiger partial charge in [0.25, 0.3) is 5.91 Å². The first kappa shape index (κ1) is 14.7. The van der Waals surface area contributed by atoms with Crippen molar-refractivity contribution in [2.24, 2.45) is 5.84 Å². The Hall–Kier alpha value is -2.25. The van der Waals surface area contributed by atoms with Crippen LogP contribution in [0.4, 0.5) is 0 Å². The van der Waals surface area contributed by atoms with E-state index in [9.17, 15) is 4.79 Å². The summed E-state index contributed by atoms with van der Waals surface area (Å²) in [5.41, 5.74) is 7.32. The molecule has 0 unspecified atom stereocenters. The molecular weight excluding hydrogens is 298 g/mol. The number of benzene rings is 1. The summed E-state index contributed by atoms with van der Waals surface area (Å²) in [7, 11) is 0. The van der Waals surface area contributed by atoms with Crippen molar-refractivity contribution in [2.75, 3.05) is 0 Å². The van der Waals surface area contributed by atoms with Crippen molar-refractivity contribution < 1.29 is 4.79 Å². The Morgan fingerprint density at radius 3 is 2.55 bits per heavy atom.